The molecule has 0 radical (unpaired) electrons. The molecule has 122 valence electrons. The fourth-order valence-electron chi connectivity index (χ4n) is 2.18. The van der Waals surface area contributed by atoms with Crippen LogP contribution in [0.2, 0.25) is 0 Å². The average molecular weight is 408 g/mol. The number of hydrogen-bond donors (Lipinski definition) is 0. The first-order chi connectivity index (χ1) is 10.5. The maximum absolute atomic E-state index is 12.5. The zero-order valence-corrected chi connectivity index (χ0v) is 15.4. The van der Waals surface area contributed by atoms with Crippen molar-refractivity contribution in [3.63, 3.8) is 0 Å². The quantitative estimate of drug-likeness (QED) is 0.716. The van der Waals surface area contributed by atoms with Crippen molar-refractivity contribution in [1.29, 1.82) is 0 Å². The van der Waals surface area contributed by atoms with Crippen LogP contribution < -0.4 is 0 Å². The number of nitrogens with zero attached hydrogens (tertiary/aromatic N) is 1. The third kappa shape index (κ3) is 4.24. The molecule has 0 N–H and O–H groups in total. The zero-order chi connectivity index (χ0) is 16.2. The SMILES string of the molecule is CCOC(=O)[C@@H]1CSCCS(=O)(=O)N1Cc1ccccc1Br. The number of rotatable bonds is 4. The molecule has 1 fully saturated rings. The summed E-state index contributed by atoms with van der Waals surface area (Å²) in [5.41, 5.74) is 0.826. The summed E-state index contributed by atoms with van der Waals surface area (Å²) in [6.07, 6.45) is 0. The molecule has 1 saturated heterocycles. The van der Waals surface area contributed by atoms with Gasteiger partial charge in [0.2, 0.25) is 10.0 Å². The minimum Gasteiger partial charge on any atom is -0.465 e. The van der Waals surface area contributed by atoms with Gasteiger partial charge in [0.1, 0.15) is 6.04 Å². The standard InChI is InChI=1S/C14H18BrNO4S2/c1-2-20-14(17)13-10-21-7-8-22(18,19)16(13)9-11-5-3-4-6-12(11)15/h3-6,13H,2,7-10H2,1H3/t13-/m0/s1. The second-order valence-corrected chi connectivity index (χ2v) is 8.84. The summed E-state index contributed by atoms with van der Waals surface area (Å²) >= 11 is 4.89. The lowest BCUT2D eigenvalue weighted by Gasteiger charge is -2.27. The van der Waals surface area contributed by atoms with Crippen molar-refractivity contribution in [2.24, 2.45) is 0 Å². The smallest absolute Gasteiger partial charge is 0.325 e. The highest BCUT2D eigenvalue weighted by atomic mass is 79.9. The Hall–Kier alpha value is -0.570. The van der Waals surface area contributed by atoms with Gasteiger partial charge in [-0.2, -0.15) is 16.1 Å². The second kappa shape index (κ2) is 7.81. The lowest BCUT2D eigenvalue weighted by Crippen LogP contribution is -2.46. The molecule has 22 heavy (non-hydrogen) atoms. The predicted molar refractivity (Wildman–Crippen MR) is 91.2 cm³/mol. The molecule has 0 unspecified atom stereocenters. The van der Waals surface area contributed by atoms with Gasteiger partial charge in [-0.25, -0.2) is 8.42 Å². The van der Waals surface area contributed by atoms with Gasteiger partial charge in [0.05, 0.1) is 12.4 Å². The number of benzene rings is 1. The summed E-state index contributed by atoms with van der Waals surface area (Å²) in [6, 6.07) is 6.64. The van der Waals surface area contributed by atoms with Crippen molar-refractivity contribution in [3.05, 3.63) is 34.3 Å². The molecule has 1 heterocycles. The molecule has 0 aliphatic carbocycles. The first kappa shape index (κ1) is 17.8. The Labute approximate surface area is 143 Å². The number of thioether (sulfide) groups is 1. The van der Waals surface area contributed by atoms with E-state index in [9.17, 15) is 13.2 Å². The number of carbonyl (C=O) groups excluding carboxylic acids is 1. The lowest BCUT2D eigenvalue weighted by molar-refractivity contribution is -0.147. The van der Waals surface area contributed by atoms with Gasteiger partial charge in [0.25, 0.3) is 0 Å². The third-order valence-electron chi connectivity index (χ3n) is 3.31. The van der Waals surface area contributed by atoms with Gasteiger partial charge < -0.3 is 4.74 Å². The average Bonchev–Trinajstić information content (AvgIpc) is 2.61. The normalized spacial score (nSPS) is 22.0. The molecule has 1 aromatic carbocycles. The van der Waals surface area contributed by atoms with Gasteiger partial charge in [-0.1, -0.05) is 34.1 Å². The zero-order valence-electron chi connectivity index (χ0n) is 12.2. The van der Waals surface area contributed by atoms with E-state index in [1.807, 2.05) is 24.3 Å². The van der Waals surface area contributed by atoms with Crippen LogP contribution in [-0.2, 0) is 26.1 Å². The van der Waals surface area contributed by atoms with Crippen LogP contribution in [0.4, 0.5) is 0 Å². The number of hydrogen-bond acceptors (Lipinski definition) is 5. The van der Waals surface area contributed by atoms with Crippen LogP contribution in [0.3, 0.4) is 0 Å². The van der Waals surface area contributed by atoms with Gasteiger partial charge in [-0.3, -0.25) is 4.79 Å². The summed E-state index contributed by atoms with van der Waals surface area (Å²) in [5, 5.41) is 0. The van der Waals surface area contributed by atoms with E-state index < -0.39 is 22.0 Å². The highest BCUT2D eigenvalue weighted by molar-refractivity contribution is 9.10. The Morgan fingerprint density at radius 3 is 2.86 bits per heavy atom. The highest BCUT2D eigenvalue weighted by Crippen LogP contribution is 2.26. The van der Waals surface area contributed by atoms with Crippen LogP contribution in [0, 0.1) is 0 Å². The van der Waals surface area contributed by atoms with E-state index in [1.54, 1.807) is 6.92 Å². The molecule has 5 nitrogen and oxygen atoms in total. The van der Waals surface area contributed by atoms with Crippen molar-refractivity contribution in [1.82, 2.24) is 4.31 Å². The molecule has 0 aromatic heterocycles. The van der Waals surface area contributed by atoms with Crippen molar-refractivity contribution in [2.45, 2.75) is 19.5 Å². The highest BCUT2D eigenvalue weighted by Gasteiger charge is 2.38. The minimum atomic E-state index is -3.50. The number of sulfonamides is 1. The molecule has 0 amide bonds. The molecule has 2 rings (SSSR count). The van der Waals surface area contributed by atoms with Crippen LogP contribution in [0.1, 0.15) is 12.5 Å². The fourth-order valence-corrected chi connectivity index (χ4v) is 5.82. The molecular weight excluding hydrogens is 390 g/mol. The Bertz CT molecular complexity index is 635. The monoisotopic (exact) mass is 407 g/mol. The first-order valence-corrected chi connectivity index (χ1v) is 10.5. The maximum Gasteiger partial charge on any atom is 0.325 e. The van der Waals surface area contributed by atoms with E-state index in [2.05, 4.69) is 15.9 Å². The topological polar surface area (TPSA) is 63.7 Å². The molecule has 1 aliphatic rings. The van der Waals surface area contributed by atoms with E-state index in [-0.39, 0.29) is 18.9 Å². The molecule has 0 bridgehead atoms. The predicted octanol–water partition coefficient (Wildman–Crippen LogP) is 2.26. The van der Waals surface area contributed by atoms with Crippen LogP contribution in [-0.4, -0.2) is 48.6 Å². The van der Waals surface area contributed by atoms with Crippen molar-refractivity contribution in [3.8, 4) is 0 Å². The van der Waals surface area contributed by atoms with Crippen LogP contribution in [0.25, 0.3) is 0 Å². The Kier molecular flexibility index (Phi) is 6.31. The van der Waals surface area contributed by atoms with Gasteiger partial charge in [0, 0.05) is 22.5 Å². The summed E-state index contributed by atoms with van der Waals surface area (Å²) in [4.78, 5) is 12.2. The number of carbonyl (C=O) groups is 1. The minimum absolute atomic E-state index is 0.0397. The van der Waals surface area contributed by atoms with Crippen LogP contribution in [0.5, 0.6) is 0 Å². The van der Waals surface area contributed by atoms with Crippen molar-refractivity contribution >= 4 is 43.7 Å². The maximum atomic E-state index is 12.5. The van der Waals surface area contributed by atoms with Gasteiger partial charge in [-0.15, -0.1) is 0 Å². The summed E-state index contributed by atoms with van der Waals surface area (Å²) in [5.74, 6) is 0.471. The molecule has 1 aliphatic heterocycles. The number of ether oxygens (including phenoxy) is 1. The molecule has 0 spiro atoms. The van der Waals surface area contributed by atoms with E-state index >= 15 is 0 Å². The van der Waals surface area contributed by atoms with Crippen LogP contribution >= 0.6 is 27.7 Å². The Morgan fingerprint density at radius 1 is 1.45 bits per heavy atom. The third-order valence-corrected chi connectivity index (χ3v) is 7.20. The van der Waals surface area contributed by atoms with Crippen molar-refractivity contribution in [2.75, 3.05) is 23.9 Å². The Balaban J connectivity index is 2.34. The summed E-state index contributed by atoms with van der Waals surface area (Å²) < 4.78 is 32.2. The first-order valence-electron chi connectivity index (χ1n) is 6.93. The molecule has 1 atom stereocenters. The van der Waals surface area contributed by atoms with E-state index in [1.165, 1.54) is 16.1 Å². The van der Waals surface area contributed by atoms with Gasteiger partial charge in [0.15, 0.2) is 0 Å². The molecule has 0 saturated carbocycles. The largest absolute Gasteiger partial charge is 0.465 e. The van der Waals surface area contributed by atoms with Crippen LogP contribution in [0.15, 0.2) is 28.7 Å². The number of esters is 1. The van der Waals surface area contributed by atoms with Gasteiger partial charge in [-0.05, 0) is 18.6 Å². The van der Waals surface area contributed by atoms with Gasteiger partial charge >= 0.3 is 5.97 Å². The van der Waals surface area contributed by atoms with E-state index in [0.29, 0.717) is 11.5 Å². The van der Waals surface area contributed by atoms with Crippen molar-refractivity contribution < 1.29 is 17.9 Å². The molecule has 8 heteroatoms. The fraction of sp³-hybridized carbons (Fsp3) is 0.500. The Morgan fingerprint density at radius 2 is 2.18 bits per heavy atom. The lowest BCUT2D eigenvalue weighted by atomic mass is 10.2. The van der Waals surface area contributed by atoms with E-state index in [0.717, 1.165) is 10.0 Å². The number of halogens is 1. The summed E-state index contributed by atoms with van der Waals surface area (Å²) in [6.45, 7) is 2.12. The summed E-state index contributed by atoms with van der Waals surface area (Å²) in [7, 11) is -3.50. The second-order valence-electron chi connectivity index (χ2n) is 4.80. The molecule has 1 aromatic rings. The van der Waals surface area contributed by atoms with E-state index in [4.69, 9.17) is 4.74 Å². The molecular formula is C14H18BrNO4S2.